The first-order valence-electron chi connectivity index (χ1n) is 41.5. The van der Waals surface area contributed by atoms with Crippen LogP contribution in [0.5, 0.6) is 40.2 Å². The third-order valence-electron chi connectivity index (χ3n) is 19.4. The quantitative estimate of drug-likeness (QED) is 0.0193. The van der Waals surface area contributed by atoms with Crippen molar-refractivity contribution in [2.75, 3.05) is 181 Å². The van der Waals surface area contributed by atoms with Crippen LogP contribution in [0.25, 0.3) is 5.57 Å². The molecule has 7 rings (SSSR count). The number of nitrogens with zero attached hydrogens (tertiary/aromatic N) is 6. The van der Waals surface area contributed by atoms with Crippen LogP contribution < -0.4 is 50.7 Å². The Hall–Kier alpha value is -7.22. The number of hydrogen-bond acceptors (Lipinski definition) is 19. The van der Waals surface area contributed by atoms with E-state index in [1.54, 1.807) is 79.9 Å². The number of methoxy groups -OCH3 is 6. The van der Waals surface area contributed by atoms with E-state index in [1.165, 1.54) is 28.7 Å². The minimum atomic E-state index is -0.807. The smallest absolute Gasteiger partial charge is 1.00 e. The average molecular weight is 1800 g/mol. The van der Waals surface area contributed by atoms with Gasteiger partial charge >= 0.3 is 23.1 Å². The van der Waals surface area contributed by atoms with Crippen LogP contribution in [0.15, 0.2) is 176 Å². The molecule has 7 aromatic carbocycles. The molecule has 122 heavy (non-hydrogen) atoms. The van der Waals surface area contributed by atoms with Crippen molar-refractivity contribution in [3.8, 4) is 40.2 Å². The second kappa shape index (κ2) is 73.0. The number of allylic oxidation sites excluding steroid dienone is 1. The number of phenolic OH excluding ortho intramolecular Hbond substituents is 1. The Bertz CT molecular complexity index is 3790. The Kier molecular flexibility index (Phi) is 75.2. The molecule has 19 nitrogen and oxygen atoms in total. The zero-order valence-corrected chi connectivity index (χ0v) is 84.8. The molecule has 9 atom stereocenters. The molecule has 0 fully saturated rings. The fourth-order valence-electron chi connectivity index (χ4n) is 14.0. The summed E-state index contributed by atoms with van der Waals surface area (Å²) in [5, 5.41) is 23.2. The minimum Gasteiger partial charge on any atom is -1.00 e. The van der Waals surface area contributed by atoms with Crippen molar-refractivity contribution in [3.05, 3.63) is 222 Å². The van der Waals surface area contributed by atoms with Gasteiger partial charge in [0.05, 0.1) is 48.3 Å². The third-order valence-corrected chi connectivity index (χ3v) is 19.4. The van der Waals surface area contributed by atoms with Crippen molar-refractivity contribution in [2.24, 2.45) is 35.5 Å². The molecular weight excluding hydrogens is 1630 g/mol. The van der Waals surface area contributed by atoms with E-state index in [9.17, 15) is 24.6 Å². The van der Waals surface area contributed by atoms with Gasteiger partial charge in [-0.3, -0.25) is 14.4 Å². The Balaban J connectivity index is -0.000000251. The summed E-state index contributed by atoms with van der Waals surface area (Å²) < 4.78 is 31.0. The number of rotatable bonds is 35. The molecule has 0 heterocycles. The molecule has 0 radical (unpaired) electrons. The van der Waals surface area contributed by atoms with Gasteiger partial charge in [0, 0.05) is 81.6 Å². The van der Waals surface area contributed by atoms with Crippen LogP contribution >= 0.6 is 12.4 Å². The van der Waals surface area contributed by atoms with Crippen LogP contribution in [0.2, 0.25) is 0 Å². The van der Waals surface area contributed by atoms with E-state index in [-0.39, 0.29) is 89.0 Å². The summed E-state index contributed by atoms with van der Waals surface area (Å²) in [4.78, 5) is 56.2. The van der Waals surface area contributed by atoms with Gasteiger partial charge in [-0.2, -0.15) is 6.92 Å². The molecule has 0 bridgehead atoms. The molecular formula is C100H163BrClMgN7O12. The molecule has 0 spiro atoms. The van der Waals surface area contributed by atoms with E-state index in [0.29, 0.717) is 59.3 Å². The van der Waals surface area contributed by atoms with Crippen molar-refractivity contribution in [3.63, 3.8) is 0 Å². The number of phenols is 1. The van der Waals surface area contributed by atoms with Crippen LogP contribution in [0.3, 0.4) is 0 Å². The number of carbonyl (C=O) groups is 4. The number of ether oxygens (including phenoxy) is 6. The van der Waals surface area contributed by atoms with Crippen LogP contribution in [-0.4, -0.2) is 267 Å². The molecule has 0 saturated carbocycles. The second-order valence-electron chi connectivity index (χ2n) is 31.2. The number of ketones is 3. The molecule has 686 valence electrons. The van der Waals surface area contributed by atoms with Gasteiger partial charge < -0.3 is 102 Å². The van der Waals surface area contributed by atoms with Gasteiger partial charge in [0.25, 0.3) is 0 Å². The number of hydrogen-bond donors (Lipinski definition) is 3. The molecule has 0 aromatic heterocycles. The Morgan fingerprint density at radius 3 is 1.05 bits per heavy atom. The van der Waals surface area contributed by atoms with Crippen molar-refractivity contribution in [1.82, 2.24) is 34.7 Å². The van der Waals surface area contributed by atoms with Crippen LogP contribution in [0.1, 0.15) is 175 Å². The molecule has 22 heteroatoms. The summed E-state index contributed by atoms with van der Waals surface area (Å²) in [6, 6.07) is 53.9. The van der Waals surface area contributed by atoms with E-state index in [1.807, 2.05) is 204 Å². The van der Waals surface area contributed by atoms with E-state index in [0.717, 1.165) is 91.3 Å². The maximum atomic E-state index is 12.1. The summed E-state index contributed by atoms with van der Waals surface area (Å²) in [5.41, 5.74) is 7.54. The molecule has 0 aliphatic rings. The number of nitrogens with one attached hydrogen (secondary N) is 1. The SMILES string of the molecule is C=O.CC=C(c1cccc(OC)c1)[C@@H](C)CN(C)C.CCC(=O)c1cccc(OC)c1.CC[C@@H](c1cccc(O)c1)[C@@H](C)CN(C)C.CC[C@@H](c1cccc(OC)c1)[C@@H](C)CN(C)C.CC[C@](O)(c1cccc(OC)c1)[C@@H](C)CN(C)C.CNC.COc1cccc(C(=O)C(C)CN(C)C)c1.COc1cccc(C(=O)[C@@H](C)CN(C)C)c1.Cl.[Br-].[CH2-]C.[HH].[Mg+2]. The molecule has 7 aromatic rings. The Morgan fingerprint density at radius 1 is 0.443 bits per heavy atom. The van der Waals surface area contributed by atoms with Gasteiger partial charge in [-0.05, 0) is 267 Å². The van der Waals surface area contributed by atoms with E-state index in [2.05, 4.69) is 165 Å². The van der Waals surface area contributed by atoms with Gasteiger partial charge in [0.15, 0.2) is 17.3 Å². The van der Waals surface area contributed by atoms with Gasteiger partial charge in [-0.15, -0.1) is 12.4 Å². The summed E-state index contributed by atoms with van der Waals surface area (Å²) >= 11 is 0. The number of benzene rings is 7. The van der Waals surface area contributed by atoms with Crippen molar-refractivity contribution >= 4 is 65.2 Å². The Morgan fingerprint density at radius 2 is 0.730 bits per heavy atom. The minimum absolute atomic E-state index is 0. The van der Waals surface area contributed by atoms with Crippen LogP contribution in [-0.2, 0) is 10.4 Å². The van der Waals surface area contributed by atoms with Crippen LogP contribution in [0.4, 0.5) is 0 Å². The standard InChI is InChI=1S/C15H25NO2.C15H25NO.C15H23NO.C14H23NO.2C13H19NO2.C10H12O2.C2H7N.C2H5.CH2O.BrH.ClH.Mg.H2/c1-6-15(17,12(2)11-16(3)4)13-8-7-9-14(10-13)18-5;2*1-6-15(12(2)11-16(3)4)13-8-7-9-14(10-13)17-5;1-5-14(11(2)10-15(3)4)12-7-6-8-13(16)9-12;2*1-10(9-14(2)3)13(15)11-6-5-7-12(8-11)16-4;1-3-10(11)8-5-4-6-9(7-8)12-2;1-3-2;2*1-2;;;;/h7-10,12,17H,6,11H2,1-5H3;7-10,12,15H,6,11H2,1-5H3;6-10,12H,11H2,1-5H3;6-9,11,14,16H,5,10H2,1-4H3;2*5-8,10H,9H2,1-4H3;4-7H,3H2,1-2H3;3H,1-2H3;1H2,2H3;1H2;2*1H;;1H/q;;;;;;;;-1;;;;+2;/p-1/t2*12-,15+;12-;11-,14+;10-;;;;;;;;;/m00000........./s1. The van der Waals surface area contributed by atoms with Crippen molar-refractivity contribution < 1.29 is 76.2 Å². The molecule has 0 aliphatic heterocycles. The van der Waals surface area contributed by atoms with E-state index >= 15 is 0 Å². The van der Waals surface area contributed by atoms with Gasteiger partial charge in [0.1, 0.15) is 47.0 Å². The zero-order chi connectivity index (χ0) is 91.5. The first-order valence-corrected chi connectivity index (χ1v) is 41.5. The molecule has 0 saturated heterocycles. The van der Waals surface area contributed by atoms with E-state index < -0.39 is 5.60 Å². The summed E-state index contributed by atoms with van der Waals surface area (Å²) in [6.07, 6.45) is 5.70. The van der Waals surface area contributed by atoms with Gasteiger partial charge in [-0.25, -0.2) is 0 Å². The fraction of sp³-hybridized carbons (Fsp3) is 0.510. The molecule has 0 amide bonds. The van der Waals surface area contributed by atoms with Gasteiger partial charge in [0.2, 0.25) is 0 Å². The third kappa shape index (κ3) is 51.3. The number of aliphatic hydroxyl groups is 1. The average Bonchev–Trinajstić information content (AvgIpc) is 0.803. The second-order valence-corrected chi connectivity index (χ2v) is 31.2. The summed E-state index contributed by atoms with van der Waals surface area (Å²) in [7, 11) is 38.2. The number of aromatic hydroxyl groups is 1. The topological polar surface area (TPSA) is 196 Å². The number of carbonyl (C=O) groups excluding carboxylic acids is 4. The van der Waals surface area contributed by atoms with Crippen molar-refractivity contribution in [2.45, 2.75) is 126 Å². The maximum absolute atomic E-state index is 12.1. The Labute approximate surface area is 775 Å². The zero-order valence-electron chi connectivity index (χ0n) is 81.0. The monoisotopic (exact) mass is 1790 g/mol. The predicted molar refractivity (Wildman–Crippen MR) is 518 cm³/mol. The van der Waals surface area contributed by atoms with Crippen LogP contribution in [0, 0.1) is 42.4 Å². The van der Waals surface area contributed by atoms with Crippen molar-refractivity contribution in [1.29, 1.82) is 0 Å². The van der Waals surface area contributed by atoms with E-state index in [4.69, 9.17) is 33.2 Å². The predicted octanol–water partition coefficient (Wildman–Crippen LogP) is 16.5. The number of halogens is 2. The number of Topliss-reactive ketones (excluding diaryl/α,β-unsaturated/α-hetero) is 3. The first kappa shape index (κ1) is 126. The summed E-state index contributed by atoms with van der Waals surface area (Å²) in [6.45, 7) is 35.9. The first-order chi connectivity index (χ1) is 56.4. The fourth-order valence-corrected chi connectivity index (χ4v) is 14.0. The normalized spacial score (nSPS) is 12.8. The molecule has 0 aliphatic carbocycles. The molecule has 1 unspecified atom stereocenters. The summed E-state index contributed by atoms with van der Waals surface area (Å²) in [5.74, 6) is 8.73. The maximum Gasteiger partial charge on any atom is 2.00 e. The van der Waals surface area contributed by atoms with Gasteiger partial charge in [-0.1, -0.05) is 160 Å². The largest absolute Gasteiger partial charge is 2.00 e. The molecule has 3 N–H and O–H groups in total.